The van der Waals surface area contributed by atoms with E-state index in [-0.39, 0.29) is 0 Å². The molecule has 4 aliphatic rings. The summed E-state index contributed by atoms with van der Waals surface area (Å²) < 4.78 is 0. The normalized spacial score (nSPS) is 40.4. The molecule has 4 saturated carbocycles. The van der Waals surface area contributed by atoms with Crippen LogP contribution in [0.2, 0.25) is 0 Å². The molecule has 4 fully saturated rings. The third-order valence-electron chi connectivity index (χ3n) is 7.36. The van der Waals surface area contributed by atoms with Gasteiger partial charge in [-0.1, -0.05) is 33.1 Å². The average molecular weight is 292 g/mol. The van der Waals surface area contributed by atoms with Crippen LogP contribution in [0.3, 0.4) is 0 Å². The van der Waals surface area contributed by atoms with Crippen molar-refractivity contribution in [3.8, 4) is 0 Å². The van der Waals surface area contributed by atoms with E-state index in [0.29, 0.717) is 0 Å². The number of hydrogen-bond donors (Lipinski definition) is 1. The van der Waals surface area contributed by atoms with Gasteiger partial charge < -0.3 is 5.73 Å². The lowest BCUT2D eigenvalue weighted by Gasteiger charge is -2.59. The summed E-state index contributed by atoms with van der Waals surface area (Å²) in [4.78, 5) is 0. The Hall–Kier alpha value is -0.0400. The van der Waals surface area contributed by atoms with Crippen molar-refractivity contribution in [2.45, 2.75) is 84.5 Å². The predicted octanol–water partition coefficient (Wildman–Crippen LogP) is 5.38. The van der Waals surface area contributed by atoms with Gasteiger partial charge in [0.05, 0.1) is 0 Å². The minimum atomic E-state index is 0.744. The van der Waals surface area contributed by atoms with Crippen LogP contribution in [0, 0.1) is 35.0 Å². The monoisotopic (exact) mass is 291 g/mol. The summed E-state index contributed by atoms with van der Waals surface area (Å²) in [5.74, 6) is 5.14. The van der Waals surface area contributed by atoms with Crippen LogP contribution in [0.15, 0.2) is 0 Å². The van der Waals surface area contributed by atoms with E-state index in [1.807, 2.05) is 0 Å². The van der Waals surface area contributed by atoms with Crippen molar-refractivity contribution in [2.24, 2.45) is 40.7 Å². The zero-order chi connectivity index (χ0) is 14.9. The lowest BCUT2D eigenvalue weighted by Crippen LogP contribution is -2.49. The molecule has 0 radical (unpaired) electrons. The van der Waals surface area contributed by atoms with Crippen LogP contribution >= 0.6 is 0 Å². The highest BCUT2D eigenvalue weighted by Gasteiger charge is 2.52. The Bertz CT molecular complexity index is 299. The molecule has 4 rings (SSSR count). The Morgan fingerprint density at radius 3 is 2.05 bits per heavy atom. The van der Waals surface area contributed by atoms with E-state index in [2.05, 4.69) is 13.8 Å². The van der Waals surface area contributed by atoms with Gasteiger partial charge in [0, 0.05) is 0 Å². The average Bonchev–Trinajstić information content (AvgIpc) is 2.43. The molecule has 122 valence electrons. The summed E-state index contributed by atoms with van der Waals surface area (Å²) >= 11 is 0. The van der Waals surface area contributed by atoms with Crippen LogP contribution in [0.1, 0.15) is 84.5 Å². The summed E-state index contributed by atoms with van der Waals surface area (Å²) in [6.45, 7) is 5.81. The molecule has 2 unspecified atom stereocenters. The maximum absolute atomic E-state index is 5.88. The van der Waals surface area contributed by atoms with E-state index in [9.17, 15) is 0 Å². The van der Waals surface area contributed by atoms with Crippen LogP contribution in [0.4, 0.5) is 0 Å². The molecule has 0 aliphatic heterocycles. The predicted molar refractivity (Wildman–Crippen MR) is 91.1 cm³/mol. The second-order valence-electron chi connectivity index (χ2n) is 9.00. The first kappa shape index (κ1) is 15.8. The third-order valence-corrected chi connectivity index (χ3v) is 7.36. The highest BCUT2D eigenvalue weighted by molar-refractivity contribution is 5.03. The van der Waals surface area contributed by atoms with Gasteiger partial charge in [-0.15, -0.1) is 0 Å². The minimum Gasteiger partial charge on any atom is -0.330 e. The molecule has 0 aromatic rings. The SMILES string of the molecule is CCCCC(CCN)CC(C)C12CC3CC(CC(C3)C1)C2. The van der Waals surface area contributed by atoms with Gasteiger partial charge in [0.1, 0.15) is 0 Å². The van der Waals surface area contributed by atoms with E-state index in [0.717, 1.165) is 41.5 Å². The van der Waals surface area contributed by atoms with Crippen molar-refractivity contribution in [2.75, 3.05) is 6.54 Å². The Balaban J connectivity index is 1.62. The topological polar surface area (TPSA) is 26.0 Å². The Kier molecular flexibility index (Phi) is 4.98. The van der Waals surface area contributed by atoms with Gasteiger partial charge in [0.2, 0.25) is 0 Å². The van der Waals surface area contributed by atoms with Crippen LogP contribution < -0.4 is 5.73 Å². The number of unbranched alkanes of at least 4 members (excludes halogenated alkanes) is 1. The van der Waals surface area contributed by atoms with Crippen LogP contribution in [-0.2, 0) is 0 Å². The fourth-order valence-corrected chi connectivity index (χ4v) is 6.64. The maximum Gasteiger partial charge on any atom is -0.00746 e. The van der Waals surface area contributed by atoms with E-state index < -0.39 is 0 Å². The number of nitrogens with two attached hydrogens (primary N) is 1. The molecule has 2 N–H and O–H groups in total. The second kappa shape index (κ2) is 6.60. The molecule has 1 heteroatoms. The zero-order valence-corrected chi connectivity index (χ0v) is 14.4. The van der Waals surface area contributed by atoms with Gasteiger partial charge in [-0.05, 0) is 92.9 Å². The molecular formula is C20H37N. The van der Waals surface area contributed by atoms with Crippen LogP contribution in [-0.4, -0.2) is 6.54 Å². The molecule has 21 heavy (non-hydrogen) atoms. The highest BCUT2D eigenvalue weighted by Crippen LogP contribution is 2.63. The zero-order valence-electron chi connectivity index (χ0n) is 14.4. The summed E-state index contributed by atoms with van der Waals surface area (Å²) in [5.41, 5.74) is 6.63. The van der Waals surface area contributed by atoms with E-state index in [4.69, 9.17) is 5.73 Å². The molecule has 1 nitrogen and oxygen atoms in total. The van der Waals surface area contributed by atoms with Gasteiger partial charge in [0.15, 0.2) is 0 Å². The Morgan fingerprint density at radius 2 is 1.57 bits per heavy atom. The van der Waals surface area contributed by atoms with Crippen molar-refractivity contribution in [1.82, 2.24) is 0 Å². The summed E-state index contributed by atoms with van der Waals surface area (Å²) in [7, 11) is 0. The lowest BCUT2D eigenvalue weighted by atomic mass is 9.46. The van der Waals surface area contributed by atoms with Crippen LogP contribution in [0.25, 0.3) is 0 Å². The van der Waals surface area contributed by atoms with Crippen molar-refractivity contribution >= 4 is 0 Å². The minimum absolute atomic E-state index is 0.744. The molecule has 0 amide bonds. The first-order chi connectivity index (χ1) is 10.1. The molecule has 0 spiro atoms. The molecule has 0 aromatic heterocycles. The Labute approximate surface area is 132 Å². The largest absolute Gasteiger partial charge is 0.330 e. The van der Waals surface area contributed by atoms with E-state index in [1.165, 1.54) is 32.1 Å². The lowest BCUT2D eigenvalue weighted by molar-refractivity contribution is -0.0880. The van der Waals surface area contributed by atoms with E-state index >= 15 is 0 Å². The van der Waals surface area contributed by atoms with Gasteiger partial charge in [-0.2, -0.15) is 0 Å². The number of hydrogen-bond acceptors (Lipinski definition) is 1. The van der Waals surface area contributed by atoms with Gasteiger partial charge in [0.25, 0.3) is 0 Å². The van der Waals surface area contributed by atoms with Crippen molar-refractivity contribution in [1.29, 1.82) is 0 Å². The van der Waals surface area contributed by atoms with Gasteiger partial charge in [-0.3, -0.25) is 0 Å². The highest BCUT2D eigenvalue weighted by atomic mass is 14.6. The molecule has 4 aliphatic carbocycles. The summed E-state index contributed by atoms with van der Waals surface area (Å²) in [6.07, 6.45) is 16.3. The molecule has 0 heterocycles. The second-order valence-corrected chi connectivity index (χ2v) is 9.00. The van der Waals surface area contributed by atoms with Gasteiger partial charge >= 0.3 is 0 Å². The van der Waals surface area contributed by atoms with Crippen LogP contribution in [0.5, 0.6) is 0 Å². The third kappa shape index (κ3) is 3.33. The molecule has 0 saturated heterocycles. The molecule has 0 aromatic carbocycles. The first-order valence-electron chi connectivity index (χ1n) is 9.85. The van der Waals surface area contributed by atoms with Crippen molar-refractivity contribution < 1.29 is 0 Å². The fraction of sp³-hybridized carbons (Fsp3) is 1.00. The molecule has 2 atom stereocenters. The number of rotatable bonds is 8. The van der Waals surface area contributed by atoms with Crippen molar-refractivity contribution in [3.05, 3.63) is 0 Å². The summed E-state index contributed by atoms with van der Waals surface area (Å²) in [5, 5.41) is 0. The molecule has 4 bridgehead atoms. The first-order valence-corrected chi connectivity index (χ1v) is 9.85. The van der Waals surface area contributed by atoms with E-state index in [1.54, 1.807) is 38.5 Å². The standard InChI is InChI=1S/C20H37N/c1-3-4-5-16(6-7-21)8-15(2)20-12-17-9-18(13-20)11-19(10-17)14-20/h15-19H,3-14,21H2,1-2H3. The molecular weight excluding hydrogens is 254 g/mol. The fourth-order valence-electron chi connectivity index (χ4n) is 6.64. The Morgan fingerprint density at radius 1 is 1.00 bits per heavy atom. The maximum atomic E-state index is 5.88. The summed E-state index contributed by atoms with van der Waals surface area (Å²) in [6, 6.07) is 0. The quantitative estimate of drug-likeness (QED) is 0.638. The van der Waals surface area contributed by atoms with Crippen molar-refractivity contribution in [3.63, 3.8) is 0 Å². The van der Waals surface area contributed by atoms with Gasteiger partial charge in [-0.25, -0.2) is 0 Å². The smallest absolute Gasteiger partial charge is 0.00746 e.